The largest absolute Gasteiger partial charge is 0.351 e. The first-order chi connectivity index (χ1) is 7.63. The molecule has 4 N–H and O–H groups in total. The fourth-order valence-electron chi connectivity index (χ4n) is 1.15. The molecule has 0 fully saturated rings. The average Bonchev–Trinajstić information content (AvgIpc) is 2.28. The summed E-state index contributed by atoms with van der Waals surface area (Å²) in [6, 6.07) is 3.25. The molecule has 1 amide bonds. The molecule has 0 atom stereocenters. The number of nitrogen functional groups attached to an aromatic ring is 1. The van der Waals surface area contributed by atoms with Crippen molar-refractivity contribution in [1.29, 1.82) is 0 Å². The molecule has 1 heterocycles. The number of aromatic nitrogens is 1. The molecule has 16 heavy (non-hydrogen) atoms. The third-order valence-corrected chi connectivity index (χ3v) is 2.01. The molecule has 0 bridgehead atoms. The van der Waals surface area contributed by atoms with Gasteiger partial charge in [-0.15, -0.1) is 0 Å². The van der Waals surface area contributed by atoms with Gasteiger partial charge in [0.25, 0.3) is 5.91 Å². The predicted molar refractivity (Wildman–Crippen MR) is 62.9 cm³/mol. The summed E-state index contributed by atoms with van der Waals surface area (Å²) in [5.41, 5.74) is 2.94. The lowest BCUT2D eigenvalue weighted by molar-refractivity contribution is 0.0951. The van der Waals surface area contributed by atoms with Gasteiger partial charge in [0.05, 0.1) is 0 Å². The van der Waals surface area contributed by atoms with Gasteiger partial charge in [-0.05, 0) is 26.2 Å². The minimum absolute atomic E-state index is 0.124. The molecule has 0 spiro atoms. The zero-order valence-electron chi connectivity index (χ0n) is 9.53. The van der Waals surface area contributed by atoms with Crippen LogP contribution < -0.4 is 16.6 Å². The molecule has 0 unspecified atom stereocenters. The van der Waals surface area contributed by atoms with E-state index in [-0.39, 0.29) is 5.91 Å². The minimum Gasteiger partial charge on any atom is -0.351 e. The SMILES string of the molecule is CN(C)CCNC(=O)c1ccnc(NN)c1. The van der Waals surface area contributed by atoms with Gasteiger partial charge in [0.2, 0.25) is 0 Å². The molecular weight excluding hydrogens is 206 g/mol. The number of hydrogen-bond acceptors (Lipinski definition) is 5. The predicted octanol–water partition coefficient (Wildman–Crippen LogP) is -0.341. The molecular formula is C10H17N5O. The summed E-state index contributed by atoms with van der Waals surface area (Å²) in [4.78, 5) is 17.6. The summed E-state index contributed by atoms with van der Waals surface area (Å²) in [5.74, 6) is 5.56. The Kier molecular flexibility index (Phi) is 4.68. The van der Waals surface area contributed by atoms with Crippen LogP contribution in [0.15, 0.2) is 18.3 Å². The number of nitrogens with two attached hydrogens (primary N) is 1. The van der Waals surface area contributed by atoms with E-state index in [4.69, 9.17) is 5.84 Å². The fourth-order valence-corrected chi connectivity index (χ4v) is 1.15. The number of nitrogens with zero attached hydrogens (tertiary/aromatic N) is 2. The number of carbonyl (C=O) groups excluding carboxylic acids is 1. The topological polar surface area (TPSA) is 83.3 Å². The first kappa shape index (κ1) is 12.4. The van der Waals surface area contributed by atoms with Crippen LogP contribution in [-0.2, 0) is 0 Å². The molecule has 6 heteroatoms. The van der Waals surface area contributed by atoms with Gasteiger partial charge in [-0.25, -0.2) is 10.8 Å². The monoisotopic (exact) mass is 223 g/mol. The van der Waals surface area contributed by atoms with Gasteiger partial charge in [-0.3, -0.25) is 4.79 Å². The molecule has 0 saturated heterocycles. The van der Waals surface area contributed by atoms with E-state index in [1.54, 1.807) is 12.1 Å². The Morgan fingerprint density at radius 1 is 1.56 bits per heavy atom. The van der Waals surface area contributed by atoms with Crippen molar-refractivity contribution in [2.45, 2.75) is 0 Å². The van der Waals surface area contributed by atoms with Gasteiger partial charge in [0.15, 0.2) is 0 Å². The lowest BCUT2D eigenvalue weighted by atomic mass is 10.2. The van der Waals surface area contributed by atoms with E-state index in [0.717, 1.165) is 6.54 Å². The zero-order valence-corrected chi connectivity index (χ0v) is 9.53. The number of likely N-dealkylation sites (N-methyl/N-ethyl adjacent to an activating group) is 1. The Morgan fingerprint density at radius 3 is 2.94 bits per heavy atom. The summed E-state index contributed by atoms with van der Waals surface area (Å²) in [7, 11) is 3.91. The summed E-state index contributed by atoms with van der Waals surface area (Å²) >= 11 is 0. The van der Waals surface area contributed by atoms with Crippen molar-refractivity contribution in [3.05, 3.63) is 23.9 Å². The number of amides is 1. The highest BCUT2D eigenvalue weighted by Crippen LogP contribution is 2.04. The third-order valence-electron chi connectivity index (χ3n) is 2.01. The summed E-state index contributed by atoms with van der Waals surface area (Å²) < 4.78 is 0. The molecule has 0 aliphatic rings. The van der Waals surface area contributed by atoms with E-state index in [0.29, 0.717) is 17.9 Å². The van der Waals surface area contributed by atoms with Gasteiger partial charge in [0.1, 0.15) is 5.82 Å². The van der Waals surface area contributed by atoms with Gasteiger partial charge in [0, 0.05) is 24.8 Å². The minimum atomic E-state index is -0.124. The van der Waals surface area contributed by atoms with Gasteiger partial charge >= 0.3 is 0 Å². The van der Waals surface area contributed by atoms with E-state index in [9.17, 15) is 4.79 Å². The van der Waals surface area contributed by atoms with Crippen LogP contribution in [0.4, 0.5) is 5.82 Å². The number of rotatable bonds is 5. The van der Waals surface area contributed by atoms with E-state index < -0.39 is 0 Å². The smallest absolute Gasteiger partial charge is 0.251 e. The first-order valence-electron chi connectivity index (χ1n) is 4.99. The van der Waals surface area contributed by atoms with Crippen molar-refractivity contribution in [1.82, 2.24) is 15.2 Å². The van der Waals surface area contributed by atoms with E-state index in [1.807, 2.05) is 19.0 Å². The van der Waals surface area contributed by atoms with Gasteiger partial charge in [-0.1, -0.05) is 0 Å². The molecule has 0 aromatic carbocycles. The summed E-state index contributed by atoms with van der Waals surface area (Å²) in [6.45, 7) is 1.42. The van der Waals surface area contributed by atoms with Crippen molar-refractivity contribution in [3.63, 3.8) is 0 Å². The lowest BCUT2D eigenvalue weighted by Crippen LogP contribution is -2.31. The van der Waals surface area contributed by atoms with Crippen LogP contribution >= 0.6 is 0 Å². The van der Waals surface area contributed by atoms with Crippen molar-refractivity contribution in [2.75, 3.05) is 32.6 Å². The molecule has 0 aliphatic carbocycles. The van der Waals surface area contributed by atoms with Crippen molar-refractivity contribution >= 4 is 11.7 Å². The molecule has 0 radical (unpaired) electrons. The number of carbonyl (C=O) groups is 1. The first-order valence-corrected chi connectivity index (χ1v) is 4.99. The Morgan fingerprint density at radius 2 is 2.31 bits per heavy atom. The normalized spacial score (nSPS) is 10.2. The highest BCUT2D eigenvalue weighted by molar-refractivity contribution is 5.94. The van der Waals surface area contributed by atoms with Crippen LogP contribution in [0.25, 0.3) is 0 Å². The second-order valence-corrected chi connectivity index (χ2v) is 3.63. The number of pyridine rings is 1. The molecule has 1 aromatic rings. The standard InChI is InChI=1S/C10H17N5O/c1-15(2)6-5-13-10(16)8-3-4-12-9(7-8)14-11/h3-4,7H,5-6,11H2,1-2H3,(H,12,14)(H,13,16). The van der Waals surface area contributed by atoms with E-state index >= 15 is 0 Å². The number of hydrazine groups is 1. The van der Waals surface area contributed by atoms with Crippen LogP contribution in [0.5, 0.6) is 0 Å². The fraction of sp³-hybridized carbons (Fsp3) is 0.400. The molecule has 1 aromatic heterocycles. The maximum atomic E-state index is 11.7. The van der Waals surface area contributed by atoms with Crippen molar-refractivity contribution in [3.8, 4) is 0 Å². The van der Waals surface area contributed by atoms with Crippen LogP contribution in [0.2, 0.25) is 0 Å². The van der Waals surface area contributed by atoms with Crippen molar-refractivity contribution in [2.24, 2.45) is 5.84 Å². The Labute approximate surface area is 94.8 Å². The number of nitrogens with one attached hydrogen (secondary N) is 2. The Bertz CT molecular complexity index is 353. The Hall–Kier alpha value is -1.66. The molecule has 6 nitrogen and oxygen atoms in total. The second-order valence-electron chi connectivity index (χ2n) is 3.63. The average molecular weight is 223 g/mol. The highest BCUT2D eigenvalue weighted by atomic mass is 16.1. The van der Waals surface area contributed by atoms with Gasteiger partial charge < -0.3 is 15.6 Å². The molecule has 0 saturated carbocycles. The molecule has 1 rings (SSSR count). The maximum absolute atomic E-state index is 11.7. The number of hydrogen-bond donors (Lipinski definition) is 3. The Balaban J connectivity index is 2.52. The van der Waals surface area contributed by atoms with E-state index in [1.165, 1.54) is 6.20 Å². The molecule has 88 valence electrons. The van der Waals surface area contributed by atoms with Crippen LogP contribution in [-0.4, -0.2) is 43.0 Å². The van der Waals surface area contributed by atoms with Crippen LogP contribution in [0.3, 0.4) is 0 Å². The summed E-state index contributed by atoms with van der Waals surface area (Å²) in [5, 5.41) is 2.80. The summed E-state index contributed by atoms with van der Waals surface area (Å²) in [6.07, 6.45) is 1.54. The quantitative estimate of drug-likeness (QED) is 0.470. The van der Waals surface area contributed by atoms with Crippen LogP contribution in [0.1, 0.15) is 10.4 Å². The van der Waals surface area contributed by atoms with Crippen LogP contribution in [0, 0.1) is 0 Å². The second kappa shape index (κ2) is 6.04. The zero-order chi connectivity index (χ0) is 12.0. The molecule has 0 aliphatic heterocycles. The van der Waals surface area contributed by atoms with Gasteiger partial charge in [-0.2, -0.15) is 0 Å². The number of anilines is 1. The maximum Gasteiger partial charge on any atom is 0.251 e. The highest BCUT2D eigenvalue weighted by Gasteiger charge is 2.05. The van der Waals surface area contributed by atoms with E-state index in [2.05, 4.69) is 15.7 Å². The lowest BCUT2D eigenvalue weighted by Gasteiger charge is -2.10. The van der Waals surface area contributed by atoms with Crippen molar-refractivity contribution < 1.29 is 4.79 Å². The third kappa shape index (κ3) is 3.84.